The van der Waals surface area contributed by atoms with Gasteiger partial charge >= 0.3 is 0 Å². The molecule has 10 heteroatoms. The number of pyridine rings is 1. The van der Waals surface area contributed by atoms with Gasteiger partial charge in [-0.1, -0.05) is 11.6 Å². The Morgan fingerprint density at radius 1 is 1.05 bits per heavy atom. The summed E-state index contributed by atoms with van der Waals surface area (Å²) in [5, 5.41) is 3.36. The fourth-order valence-electron chi connectivity index (χ4n) is 4.42. The van der Waals surface area contributed by atoms with E-state index in [1.54, 1.807) is 11.2 Å². The topological polar surface area (TPSA) is 101 Å². The summed E-state index contributed by atoms with van der Waals surface area (Å²) >= 11 is 0. The van der Waals surface area contributed by atoms with E-state index in [9.17, 15) is 4.79 Å². The number of likely N-dealkylation sites (N-methyl/N-ethyl adjacent to an activating group) is 1. The first-order chi connectivity index (χ1) is 19.8. The van der Waals surface area contributed by atoms with Gasteiger partial charge in [0.1, 0.15) is 29.2 Å². The van der Waals surface area contributed by atoms with Crippen LogP contribution in [0.5, 0.6) is 11.5 Å². The molecule has 0 atom stereocenters. The lowest BCUT2D eigenvalue weighted by Crippen LogP contribution is -2.23. The Kier molecular flexibility index (Phi) is 8.21. The third-order valence-electron chi connectivity index (χ3n) is 6.80. The first-order valence-corrected chi connectivity index (χ1v) is 13.4. The highest BCUT2D eigenvalue weighted by atomic mass is 16.5. The fraction of sp³-hybridized carbons (Fsp3) is 0.258. The largest absolute Gasteiger partial charge is 0.457 e. The van der Waals surface area contributed by atoms with Crippen LogP contribution < -0.4 is 15.0 Å². The van der Waals surface area contributed by atoms with E-state index < -0.39 is 0 Å². The second-order valence-corrected chi connectivity index (χ2v) is 10.3. The van der Waals surface area contributed by atoms with Gasteiger partial charge in [-0.2, -0.15) is 0 Å². The molecule has 0 saturated carbocycles. The van der Waals surface area contributed by atoms with Gasteiger partial charge in [-0.05, 0) is 82.4 Å². The fourth-order valence-corrected chi connectivity index (χ4v) is 4.42. The second-order valence-electron chi connectivity index (χ2n) is 10.3. The second kappa shape index (κ2) is 12.1. The van der Waals surface area contributed by atoms with E-state index >= 15 is 0 Å². The summed E-state index contributed by atoms with van der Waals surface area (Å²) in [4.78, 5) is 33.7. The predicted molar refractivity (Wildman–Crippen MR) is 163 cm³/mol. The molecule has 210 valence electrons. The third kappa shape index (κ3) is 6.50. The molecule has 0 spiro atoms. The van der Waals surface area contributed by atoms with Crippen molar-refractivity contribution in [1.82, 2.24) is 29.4 Å². The summed E-state index contributed by atoms with van der Waals surface area (Å²) < 4.78 is 8.14. The van der Waals surface area contributed by atoms with Crippen molar-refractivity contribution in [2.24, 2.45) is 7.05 Å². The number of hydrogen-bond donors (Lipinski definition) is 1. The number of aromatic nitrogens is 5. The number of nitrogens with one attached hydrogen (secondary N) is 1. The van der Waals surface area contributed by atoms with Gasteiger partial charge < -0.3 is 19.5 Å². The molecular weight excluding hydrogens is 516 g/mol. The van der Waals surface area contributed by atoms with E-state index in [1.165, 1.54) is 11.9 Å². The van der Waals surface area contributed by atoms with Crippen molar-refractivity contribution in [2.45, 2.75) is 20.3 Å². The van der Waals surface area contributed by atoms with Crippen molar-refractivity contribution in [3.63, 3.8) is 0 Å². The average molecular weight is 551 g/mol. The molecule has 0 aliphatic heterocycles. The highest BCUT2D eigenvalue weighted by Gasteiger charge is 2.13. The predicted octanol–water partition coefficient (Wildman–Crippen LogP) is 5.62. The number of hydrogen-bond acceptors (Lipinski definition) is 8. The number of anilines is 3. The normalized spacial score (nSPS) is 11.8. The number of imidazole rings is 1. The van der Waals surface area contributed by atoms with Crippen LogP contribution in [0.3, 0.4) is 0 Å². The van der Waals surface area contributed by atoms with Crippen molar-refractivity contribution >= 4 is 45.8 Å². The number of fused-ring (bicyclic) bond motifs is 2. The summed E-state index contributed by atoms with van der Waals surface area (Å²) in [5.41, 5.74) is 6.19. The molecule has 41 heavy (non-hydrogen) atoms. The number of amides is 1. The smallest absolute Gasteiger partial charge is 0.215 e. The maximum Gasteiger partial charge on any atom is 0.215 e. The molecule has 0 aliphatic carbocycles. The summed E-state index contributed by atoms with van der Waals surface area (Å²) in [6.45, 7) is 5.46. The van der Waals surface area contributed by atoms with Crippen LogP contribution in [0, 0.1) is 6.92 Å². The molecule has 0 bridgehead atoms. The average Bonchev–Trinajstić information content (AvgIpc) is 3.33. The van der Waals surface area contributed by atoms with Crippen LogP contribution in [0.25, 0.3) is 22.1 Å². The van der Waals surface area contributed by atoms with Gasteiger partial charge in [-0.3, -0.25) is 9.69 Å². The summed E-state index contributed by atoms with van der Waals surface area (Å²) in [5.74, 6) is 2.57. The van der Waals surface area contributed by atoms with Gasteiger partial charge in [0.15, 0.2) is 5.82 Å². The Balaban J connectivity index is 1.33. The summed E-state index contributed by atoms with van der Waals surface area (Å²) in [6.07, 6.45) is 7.03. The van der Waals surface area contributed by atoms with Crippen molar-refractivity contribution < 1.29 is 9.53 Å². The highest BCUT2D eigenvalue weighted by molar-refractivity contribution is 5.89. The Morgan fingerprint density at radius 2 is 1.90 bits per heavy atom. The molecule has 2 aromatic carbocycles. The van der Waals surface area contributed by atoms with Crippen LogP contribution in [0.1, 0.15) is 18.9 Å². The van der Waals surface area contributed by atoms with Crippen molar-refractivity contribution in [3.05, 3.63) is 78.4 Å². The number of aryl methyl sites for hydroxylation is 2. The molecule has 10 nitrogen and oxygen atoms in total. The molecule has 0 fully saturated rings. The minimum Gasteiger partial charge on any atom is -0.457 e. The molecule has 1 N–H and O–H groups in total. The first-order valence-electron chi connectivity index (χ1n) is 13.4. The lowest BCUT2D eigenvalue weighted by Gasteiger charge is -2.18. The Labute approximate surface area is 239 Å². The molecule has 1 amide bonds. The van der Waals surface area contributed by atoms with Crippen LogP contribution in [-0.4, -0.2) is 63.0 Å². The molecular formula is C31H34N8O2. The Hall–Kier alpha value is -4.83. The number of benzene rings is 2. The van der Waals surface area contributed by atoms with E-state index in [4.69, 9.17) is 9.72 Å². The van der Waals surface area contributed by atoms with E-state index in [-0.39, 0.29) is 0 Å². The number of carbonyl (C=O) groups is 1. The molecule has 3 heterocycles. The van der Waals surface area contributed by atoms with Crippen LogP contribution >= 0.6 is 0 Å². The van der Waals surface area contributed by atoms with E-state index in [2.05, 4.69) is 38.2 Å². The van der Waals surface area contributed by atoms with Gasteiger partial charge in [0.05, 0.1) is 22.9 Å². The summed E-state index contributed by atoms with van der Waals surface area (Å²) in [6, 6.07) is 15.4. The third-order valence-corrected chi connectivity index (χ3v) is 6.80. The van der Waals surface area contributed by atoms with Gasteiger partial charge in [-0.25, -0.2) is 19.9 Å². The SMILES string of the molecule is C/C(=C\CN(C)C)CCN(C=O)c1ccc2ncnc(Nc3ccc(Oc4ccc5c(c4)ncn5C)c(C)c3)c2n1. The van der Waals surface area contributed by atoms with E-state index in [0.717, 1.165) is 53.2 Å². The van der Waals surface area contributed by atoms with Gasteiger partial charge in [0.25, 0.3) is 0 Å². The minimum atomic E-state index is 0.530. The number of nitrogens with zero attached hydrogens (tertiary/aromatic N) is 7. The number of rotatable bonds is 11. The monoisotopic (exact) mass is 550 g/mol. The lowest BCUT2D eigenvalue weighted by atomic mass is 10.2. The van der Waals surface area contributed by atoms with Crippen molar-refractivity contribution in [2.75, 3.05) is 37.4 Å². The first kappa shape index (κ1) is 27.7. The zero-order chi connectivity index (χ0) is 28.9. The van der Waals surface area contributed by atoms with Crippen molar-refractivity contribution in [3.8, 4) is 11.5 Å². The zero-order valence-electron chi connectivity index (χ0n) is 24.0. The van der Waals surface area contributed by atoms with E-state index in [1.807, 2.05) is 81.2 Å². The van der Waals surface area contributed by atoms with Crippen LogP contribution in [-0.2, 0) is 11.8 Å². The molecule has 5 aromatic rings. The molecule has 0 radical (unpaired) electrons. The number of carbonyl (C=O) groups excluding carboxylic acids is 1. The quantitative estimate of drug-likeness (QED) is 0.167. The lowest BCUT2D eigenvalue weighted by molar-refractivity contribution is -0.107. The maximum atomic E-state index is 12.0. The highest BCUT2D eigenvalue weighted by Crippen LogP contribution is 2.31. The van der Waals surface area contributed by atoms with Crippen LogP contribution in [0.15, 0.2) is 72.8 Å². The summed E-state index contributed by atoms with van der Waals surface area (Å²) in [7, 11) is 6.03. The minimum absolute atomic E-state index is 0.530. The van der Waals surface area contributed by atoms with Gasteiger partial charge in [0.2, 0.25) is 6.41 Å². The molecule has 0 unspecified atom stereocenters. The molecule has 0 saturated heterocycles. The molecule has 3 aromatic heterocycles. The van der Waals surface area contributed by atoms with Gasteiger partial charge in [-0.15, -0.1) is 0 Å². The number of ether oxygens (including phenoxy) is 1. The molecule has 0 aliphatic rings. The molecule has 5 rings (SSSR count). The zero-order valence-corrected chi connectivity index (χ0v) is 24.0. The Morgan fingerprint density at radius 3 is 2.68 bits per heavy atom. The standard InChI is InChI=1S/C31H34N8O2/c1-21(12-14-37(3)4)13-15-39(20-40)29-11-8-25-30(36-29)31(33-18-32-25)35-23-6-10-28(22(2)16-23)41-24-7-9-27-26(17-24)34-19-38(27)5/h6-12,16-20H,13-15H2,1-5H3,(H,32,33,35)/b21-12+. The van der Waals surface area contributed by atoms with Crippen molar-refractivity contribution in [1.29, 1.82) is 0 Å². The van der Waals surface area contributed by atoms with E-state index in [0.29, 0.717) is 29.2 Å². The van der Waals surface area contributed by atoms with Crippen LogP contribution in [0.2, 0.25) is 0 Å². The van der Waals surface area contributed by atoms with Crippen LogP contribution in [0.4, 0.5) is 17.3 Å². The van der Waals surface area contributed by atoms with Gasteiger partial charge in [0, 0.05) is 31.9 Å². The maximum absolute atomic E-state index is 12.0. The Bertz CT molecular complexity index is 1730.